The molecular weight excluding hydrogens is 428 g/mol. The first-order valence-electron chi connectivity index (χ1n) is 11.4. The molecule has 5 rings (SSSR count). The number of hydrogen-bond donors (Lipinski definition) is 2. The number of likely N-dealkylation sites (tertiary alicyclic amines) is 1. The monoisotopic (exact) mass is 455 g/mol. The summed E-state index contributed by atoms with van der Waals surface area (Å²) in [4.78, 5) is 19.3. The van der Waals surface area contributed by atoms with E-state index in [1.165, 1.54) is 0 Å². The van der Waals surface area contributed by atoms with Crippen LogP contribution in [0.25, 0.3) is 22.0 Å². The number of ether oxygens (including phenoxy) is 1. The molecule has 2 saturated heterocycles. The second-order valence-electron chi connectivity index (χ2n) is 8.91. The molecule has 0 spiro atoms. The van der Waals surface area contributed by atoms with Gasteiger partial charge in [0.15, 0.2) is 5.69 Å². The maximum atomic E-state index is 13.4. The van der Waals surface area contributed by atoms with Crippen molar-refractivity contribution in [1.29, 1.82) is 0 Å². The van der Waals surface area contributed by atoms with Gasteiger partial charge in [-0.15, -0.1) is 0 Å². The number of fused-ring (bicyclic) bond motifs is 1. The Balaban J connectivity index is 1.34. The van der Waals surface area contributed by atoms with Gasteiger partial charge in [-0.25, -0.2) is 8.78 Å². The lowest BCUT2D eigenvalue weighted by Gasteiger charge is -2.31. The van der Waals surface area contributed by atoms with E-state index >= 15 is 0 Å². The van der Waals surface area contributed by atoms with Crippen molar-refractivity contribution < 1.29 is 18.3 Å². The molecule has 0 aliphatic carbocycles. The van der Waals surface area contributed by atoms with E-state index < -0.39 is 5.92 Å². The molecule has 0 radical (unpaired) electrons. The Hall–Kier alpha value is -2.91. The van der Waals surface area contributed by atoms with Gasteiger partial charge in [0, 0.05) is 75.1 Å². The number of hydrogen-bond acceptors (Lipinski definition) is 5. The summed E-state index contributed by atoms with van der Waals surface area (Å²) in [5.41, 5.74) is 3.96. The zero-order valence-corrected chi connectivity index (χ0v) is 18.3. The Morgan fingerprint density at radius 3 is 2.73 bits per heavy atom. The quantitative estimate of drug-likeness (QED) is 0.612. The Morgan fingerprint density at radius 1 is 1.15 bits per heavy atom. The molecule has 0 atom stereocenters. The fourth-order valence-corrected chi connectivity index (χ4v) is 4.49. The minimum atomic E-state index is -2.55. The molecule has 1 amide bonds. The van der Waals surface area contributed by atoms with Crippen LogP contribution >= 0.6 is 0 Å². The van der Waals surface area contributed by atoms with E-state index in [0.29, 0.717) is 38.5 Å². The molecular formula is C24H27F2N5O2. The number of piperidine rings is 1. The summed E-state index contributed by atoms with van der Waals surface area (Å²) in [6.45, 7) is 2.65. The Bertz CT molecular complexity index is 1130. The number of amides is 1. The van der Waals surface area contributed by atoms with E-state index in [1.807, 2.05) is 29.2 Å². The molecule has 2 fully saturated rings. The lowest BCUT2D eigenvalue weighted by Crippen LogP contribution is -2.39. The zero-order valence-electron chi connectivity index (χ0n) is 18.3. The fourth-order valence-electron chi connectivity index (χ4n) is 4.49. The smallest absolute Gasteiger partial charge is 0.272 e. The summed E-state index contributed by atoms with van der Waals surface area (Å²) in [5.74, 6) is -2.75. The zero-order chi connectivity index (χ0) is 22.8. The number of aromatic nitrogens is 3. The molecule has 2 aromatic heterocycles. The molecule has 2 aliphatic rings. The standard InChI is InChI=1S/C24H27F2N5O2/c25-24(26)5-7-31(8-6-24)15-16-11-18(14-27-13-16)17-1-2-21-20(12-17)22(30-29-21)23(32)28-19-3-9-33-10-4-19/h1-2,11-14,19H,3-10,15H2,(H,28,32)(H,29,30). The highest BCUT2D eigenvalue weighted by atomic mass is 19.3. The van der Waals surface area contributed by atoms with Crippen LogP contribution in [0.2, 0.25) is 0 Å². The predicted molar refractivity (Wildman–Crippen MR) is 120 cm³/mol. The normalized spacial score (nSPS) is 19.6. The number of nitrogens with one attached hydrogen (secondary N) is 2. The molecule has 3 aromatic rings. The number of benzene rings is 1. The first-order valence-corrected chi connectivity index (χ1v) is 11.4. The number of H-pyrrole nitrogens is 1. The SMILES string of the molecule is O=C(NC1CCOCC1)c1n[nH]c2ccc(-c3cncc(CN4CCC(F)(F)CC4)c3)cc12. The number of pyridine rings is 1. The second-order valence-corrected chi connectivity index (χ2v) is 8.91. The third-order valence-corrected chi connectivity index (χ3v) is 6.46. The van der Waals surface area contributed by atoms with Crippen molar-refractivity contribution in [2.75, 3.05) is 26.3 Å². The average molecular weight is 456 g/mol. The van der Waals surface area contributed by atoms with Gasteiger partial charge in [0.05, 0.1) is 5.52 Å². The van der Waals surface area contributed by atoms with Gasteiger partial charge in [-0.2, -0.15) is 5.10 Å². The minimum Gasteiger partial charge on any atom is -0.381 e. The molecule has 1 aromatic carbocycles. The fraction of sp³-hybridized carbons (Fsp3) is 0.458. The first kappa shape index (κ1) is 21.9. The van der Waals surface area contributed by atoms with E-state index in [-0.39, 0.29) is 24.8 Å². The highest BCUT2D eigenvalue weighted by Crippen LogP contribution is 2.29. The maximum absolute atomic E-state index is 13.4. The summed E-state index contributed by atoms with van der Waals surface area (Å²) in [7, 11) is 0. The lowest BCUT2D eigenvalue weighted by molar-refractivity contribution is -0.0566. The van der Waals surface area contributed by atoms with Gasteiger partial charge in [0.25, 0.3) is 11.8 Å². The van der Waals surface area contributed by atoms with Crippen molar-refractivity contribution >= 4 is 16.8 Å². The molecule has 4 heterocycles. The molecule has 0 saturated carbocycles. The summed E-state index contributed by atoms with van der Waals surface area (Å²) in [5, 5.41) is 11.0. The van der Waals surface area contributed by atoms with Crippen molar-refractivity contribution in [2.45, 2.75) is 44.2 Å². The number of halogens is 2. The molecule has 33 heavy (non-hydrogen) atoms. The summed E-state index contributed by atoms with van der Waals surface area (Å²) in [6, 6.07) is 7.94. The number of nitrogens with zero attached hydrogens (tertiary/aromatic N) is 3. The van der Waals surface area contributed by atoms with Gasteiger partial charge in [-0.05, 0) is 42.2 Å². The van der Waals surface area contributed by atoms with E-state index in [2.05, 4.69) is 20.5 Å². The number of alkyl halides is 2. The van der Waals surface area contributed by atoms with Gasteiger partial charge in [0.2, 0.25) is 0 Å². The van der Waals surface area contributed by atoms with E-state index in [0.717, 1.165) is 40.4 Å². The number of aromatic amines is 1. The van der Waals surface area contributed by atoms with Crippen LogP contribution in [0, 0.1) is 0 Å². The molecule has 7 nitrogen and oxygen atoms in total. The lowest BCUT2D eigenvalue weighted by atomic mass is 10.0. The van der Waals surface area contributed by atoms with Gasteiger partial charge >= 0.3 is 0 Å². The van der Waals surface area contributed by atoms with Crippen LogP contribution in [-0.4, -0.2) is 64.3 Å². The molecule has 174 valence electrons. The van der Waals surface area contributed by atoms with Crippen LogP contribution in [0.15, 0.2) is 36.7 Å². The second kappa shape index (κ2) is 9.15. The molecule has 0 bridgehead atoms. The van der Waals surface area contributed by atoms with E-state index in [4.69, 9.17) is 4.74 Å². The molecule has 9 heteroatoms. The van der Waals surface area contributed by atoms with Crippen molar-refractivity contribution in [3.63, 3.8) is 0 Å². The molecule has 2 N–H and O–H groups in total. The third-order valence-electron chi connectivity index (χ3n) is 6.46. The predicted octanol–water partition coefficient (Wildman–Crippen LogP) is 3.76. The van der Waals surface area contributed by atoms with Gasteiger partial charge in [0.1, 0.15) is 0 Å². The van der Waals surface area contributed by atoms with E-state index in [1.54, 1.807) is 12.4 Å². The van der Waals surface area contributed by atoms with Gasteiger partial charge < -0.3 is 10.1 Å². The summed E-state index contributed by atoms with van der Waals surface area (Å²) < 4.78 is 32.2. The molecule has 2 aliphatic heterocycles. The van der Waals surface area contributed by atoms with Crippen molar-refractivity contribution in [1.82, 2.24) is 25.4 Å². The number of carbonyl (C=O) groups is 1. The number of rotatable bonds is 5. The van der Waals surface area contributed by atoms with Crippen LogP contribution in [0.1, 0.15) is 41.7 Å². The highest BCUT2D eigenvalue weighted by Gasteiger charge is 2.33. The summed E-state index contributed by atoms with van der Waals surface area (Å²) in [6.07, 6.45) is 4.95. The Kier molecular flexibility index (Phi) is 6.07. The van der Waals surface area contributed by atoms with E-state index in [9.17, 15) is 13.6 Å². The average Bonchev–Trinajstić information content (AvgIpc) is 3.25. The van der Waals surface area contributed by atoms with Crippen molar-refractivity contribution in [3.05, 3.63) is 47.9 Å². The van der Waals surface area contributed by atoms with Crippen LogP contribution in [0.4, 0.5) is 8.78 Å². The van der Waals surface area contributed by atoms with Gasteiger partial charge in [-0.1, -0.05) is 6.07 Å². The topological polar surface area (TPSA) is 83.1 Å². The maximum Gasteiger partial charge on any atom is 0.272 e. The summed E-state index contributed by atoms with van der Waals surface area (Å²) >= 11 is 0. The van der Waals surface area contributed by atoms with Crippen LogP contribution in [0.5, 0.6) is 0 Å². The Labute approximate surface area is 190 Å². The van der Waals surface area contributed by atoms with Crippen LogP contribution in [0.3, 0.4) is 0 Å². The first-order chi connectivity index (χ1) is 16.0. The number of carbonyl (C=O) groups excluding carboxylic acids is 1. The van der Waals surface area contributed by atoms with Gasteiger partial charge in [-0.3, -0.25) is 19.8 Å². The van der Waals surface area contributed by atoms with Crippen LogP contribution < -0.4 is 5.32 Å². The largest absolute Gasteiger partial charge is 0.381 e. The van der Waals surface area contributed by atoms with Crippen molar-refractivity contribution in [2.24, 2.45) is 0 Å². The minimum absolute atomic E-state index is 0.0943. The third kappa shape index (κ3) is 5.04. The Morgan fingerprint density at radius 2 is 1.94 bits per heavy atom. The van der Waals surface area contributed by atoms with Crippen molar-refractivity contribution in [3.8, 4) is 11.1 Å². The highest BCUT2D eigenvalue weighted by molar-refractivity contribution is 6.05. The van der Waals surface area contributed by atoms with Crippen LogP contribution in [-0.2, 0) is 11.3 Å². The molecule has 0 unspecified atom stereocenters.